The van der Waals surface area contributed by atoms with Crippen LogP contribution in [-0.4, -0.2) is 38.6 Å². The van der Waals surface area contributed by atoms with Gasteiger partial charge in [0.25, 0.3) is 11.8 Å². The molecular formula is C33H25N3O8. The summed E-state index contributed by atoms with van der Waals surface area (Å²) >= 11 is 0. The first-order valence-corrected chi connectivity index (χ1v) is 13.2. The monoisotopic (exact) mass is 591 g/mol. The van der Waals surface area contributed by atoms with Gasteiger partial charge in [0.05, 0.1) is 31.7 Å². The Morgan fingerprint density at radius 1 is 0.841 bits per heavy atom. The Hall–Kier alpha value is -6.28. The third-order valence-electron chi connectivity index (χ3n) is 6.44. The SMILES string of the molecule is COc1cc(NC(=O)c2ccco2)c(C(=O)OCC(=O)Nc2oc(-c3ccccc3)c(-c3ccccc3)c2C#N)cc1OC. The standard InChI is InChI=1S/C33H25N3O8/c1-40-26-16-22(24(17-27(26)41-2)35-31(38)25-14-9-15-42-25)33(39)43-19-28(37)36-32-23(18-34)29(20-10-5-3-6-11-20)30(44-32)21-12-7-4-8-13-21/h3-17H,19H2,1-2H3,(H,35,38)(H,36,37). The van der Waals surface area contributed by atoms with Crippen LogP contribution in [-0.2, 0) is 9.53 Å². The van der Waals surface area contributed by atoms with Crippen LogP contribution in [0.1, 0.15) is 26.5 Å². The number of ether oxygens (including phenoxy) is 3. The maximum Gasteiger partial charge on any atom is 0.340 e. The molecule has 0 radical (unpaired) electrons. The Bertz CT molecular complexity index is 1840. The lowest BCUT2D eigenvalue weighted by molar-refractivity contribution is -0.119. The zero-order valence-corrected chi connectivity index (χ0v) is 23.6. The van der Waals surface area contributed by atoms with Crippen LogP contribution in [0.3, 0.4) is 0 Å². The van der Waals surface area contributed by atoms with Crippen molar-refractivity contribution in [3.05, 3.63) is 108 Å². The van der Waals surface area contributed by atoms with E-state index in [9.17, 15) is 19.6 Å². The van der Waals surface area contributed by atoms with Crippen LogP contribution >= 0.6 is 0 Å². The minimum atomic E-state index is -0.939. The summed E-state index contributed by atoms with van der Waals surface area (Å²) in [5.41, 5.74) is 1.96. The number of nitrogens with zero attached hydrogens (tertiary/aromatic N) is 1. The van der Waals surface area contributed by atoms with Crippen LogP contribution in [0.2, 0.25) is 0 Å². The maximum atomic E-state index is 13.2. The molecule has 0 bridgehead atoms. The van der Waals surface area contributed by atoms with Crippen molar-refractivity contribution in [2.45, 2.75) is 0 Å². The Kier molecular flexibility index (Phi) is 8.72. The number of anilines is 2. The molecule has 2 amide bonds. The fourth-order valence-electron chi connectivity index (χ4n) is 4.41. The van der Waals surface area contributed by atoms with Crippen LogP contribution in [0.15, 0.2) is 100 Å². The third kappa shape index (κ3) is 6.14. The number of carbonyl (C=O) groups is 3. The molecule has 2 N–H and O–H groups in total. The Morgan fingerprint density at radius 3 is 2.11 bits per heavy atom. The van der Waals surface area contributed by atoms with Crippen molar-refractivity contribution in [3.63, 3.8) is 0 Å². The van der Waals surface area contributed by atoms with Crippen LogP contribution in [0, 0.1) is 11.3 Å². The summed E-state index contributed by atoms with van der Waals surface area (Å²) in [4.78, 5) is 38.8. The molecule has 2 heterocycles. The molecule has 0 aliphatic rings. The van der Waals surface area contributed by atoms with Gasteiger partial charge in [-0.1, -0.05) is 60.7 Å². The van der Waals surface area contributed by atoms with E-state index in [4.69, 9.17) is 23.0 Å². The second-order valence-corrected chi connectivity index (χ2v) is 9.16. The lowest BCUT2D eigenvalue weighted by Crippen LogP contribution is -2.22. The Morgan fingerprint density at radius 2 is 1.50 bits per heavy atom. The molecule has 44 heavy (non-hydrogen) atoms. The molecule has 11 heteroatoms. The summed E-state index contributed by atoms with van der Waals surface area (Å²) in [6.45, 7) is -0.730. The average Bonchev–Trinajstić information content (AvgIpc) is 3.73. The van der Waals surface area contributed by atoms with Crippen LogP contribution in [0.5, 0.6) is 11.5 Å². The summed E-state index contributed by atoms with van der Waals surface area (Å²) in [7, 11) is 2.78. The van der Waals surface area contributed by atoms with Gasteiger partial charge in [-0.05, 0) is 17.7 Å². The Balaban J connectivity index is 1.38. The second kappa shape index (κ2) is 13.1. The van der Waals surface area contributed by atoms with Gasteiger partial charge in [-0.15, -0.1) is 0 Å². The number of nitrogens with one attached hydrogen (secondary N) is 2. The summed E-state index contributed by atoms with van der Waals surface area (Å²) in [5.74, 6) is -1.59. The highest BCUT2D eigenvalue weighted by Gasteiger charge is 2.26. The predicted octanol–water partition coefficient (Wildman–Crippen LogP) is 6.14. The number of benzene rings is 3. The van der Waals surface area contributed by atoms with Crippen molar-refractivity contribution in [1.82, 2.24) is 0 Å². The number of carbonyl (C=O) groups excluding carboxylic acids is 3. The van der Waals surface area contributed by atoms with Crippen molar-refractivity contribution < 1.29 is 37.4 Å². The molecule has 0 fully saturated rings. The average molecular weight is 592 g/mol. The predicted molar refractivity (Wildman–Crippen MR) is 159 cm³/mol. The molecule has 0 unspecified atom stereocenters. The van der Waals surface area contributed by atoms with Crippen molar-refractivity contribution in [1.29, 1.82) is 5.26 Å². The number of esters is 1. The quantitative estimate of drug-likeness (QED) is 0.182. The van der Waals surface area contributed by atoms with Crippen molar-refractivity contribution in [2.75, 3.05) is 31.5 Å². The van der Waals surface area contributed by atoms with Crippen LogP contribution < -0.4 is 20.1 Å². The lowest BCUT2D eigenvalue weighted by Gasteiger charge is -2.15. The Labute approximate surface area is 251 Å². The van der Waals surface area contributed by atoms with E-state index in [1.54, 1.807) is 6.07 Å². The van der Waals surface area contributed by atoms with E-state index < -0.39 is 24.4 Å². The zero-order valence-electron chi connectivity index (χ0n) is 23.6. The number of hydrogen-bond acceptors (Lipinski definition) is 9. The van der Waals surface area contributed by atoms with E-state index in [2.05, 4.69) is 16.7 Å². The molecule has 220 valence electrons. The fourth-order valence-corrected chi connectivity index (χ4v) is 4.41. The van der Waals surface area contributed by atoms with Gasteiger partial charge in [0.15, 0.2) is 23.9 Å². The molecule has 0 spiro atoms. The number of furan rings is 2. The van der Waals surface area contributed by atoms with Crippen molar-refractivity contribution in [3.8, 4) is 40.0 Å². The molecule has 3 aromatic carbocycles. The van der Waals surface area contributed by atoms with Crippen LogP contribution in [0.4, 0.5) is 11.6 Å². The summed E-state index contributed by atoms with van der Waals surface area (Å²) in [6.07, 6.45) is 1.33. The highest BCUT2D eigenvalue weighted by atomic mass is 16.5. The van der Waals surface area contributed by atoms with Gasteiger partial charge in [-0.2, -0.15) is 5.26 Å². The first-order chi connectivity index (χ1) is 21.4. The van der Waals surface area contributed by atoms with Crippen molar-refractivity contribution in [2.24, 2.45) is 0 Å². The molecule has 0 aliphatic heterocycles. The smallest absolute Gasteiger partial charge is 0.340 e. The molecule has 11 nitrogen and oxygen atoms in total. The van der Waals surface area contributed by atoms with Gasteiger partial charge in [0.1, 0.15) is 17.4 Å². The topological polar surface area (TPSA) is 153 Å². The summed E-state index contributed by atoms with van der Waals surface area (Å²) in [5, 5.41) is 15.2. The molecule has 0 saturated carbocycles. The van der Waals surface area contributed by atoms with Gasteiger partial charge < -0.3 is 28.4 Å². The first kappa shape index (κ1) is 29.2. The van der Waals surface area contributed by atoms with E-state index in [0.717, 1.165) is 5.56 Å². The van der Waals surface area contributed by atoms with E-state index >= 15 is 0 Å². The van der Waals surface area contributed by atoms with Gasteiger partial charge in [0.2, 0.25) is 5.88 Å². The number of amides is 2. The molecule has 5 rings (SSSR count). The van der Waals surface area contributed by atoms with Gasteiger partial charge in [-0.3, -0.25) is 14.9 Å². The fraction of sp³-hybridized carbons (Fsp3) is 0.0909. The van der Waals surface area contributed by atoms with Crippen molar-refractivity contribution >= 4 is 29.4 Å². The molecule has 0 atom stereocenters. The van der Waals surface area contributed by atoms with E-state index in [0.29, 0.717) is 16.9 Å². The number of hydrogen-bond donors (Lipinski definition) is 2. The highest BCUT2D eigenvalue weighted by Crippen LogP contribution is 2.41. The number of nitriles is 1. The number of methoxy groups -OCH3 is 2. The van der Waals surface area contributed by atoms with E-state index in [1.807, 2.05) is 60.7 Å². The molecule has 0 saturated heterocycles. The maximum absolute atomic E-state index is 13.2. The van der Waals surface area contributed by atoms with Gasteiger partial charge >= 0.3 is 5.97 Å². The summed E-state index contributed by atoms with van der Waals surface area (Å²) in [6, 6.07) is 26.1. The van der Waals surface area contributed by atoms with Gasteiger partial charge in [0, 0.05) is 23.3 Å². The minimum absolute atomic E-state index is 0.00923. The molecule has 2 aromatic heterocycles. The van der Waals surface area contributed by atoms with E-state index in [1.165, 1.54) is 38.7 Å². The molecular weight excluding hydrogens is 566 g/mol. The summed E-state index contributed by atoms with van der Waals surface area (Å²) < 4.78 is 27.0. The molecule has 0 aliphatic carbocycles. The third-order valence-corrected chi connectivity index (χ3v) is 6.44. The highest BCUT2D eigenvalue weighted by molar-refractivity contribution is 6.07. The first-order valence-electron chi connectivity index (χ1n) is 13.2. The second-order valence-electron chi connectivity index (χ2n) is 9.16. The van der Waals surface area contributed by atoms with Crippen LogP contribution in [0.25, 0.3) is 22.5 Å². The zero-order chi connectivity index (χ0) is 31.1. The van der Waals surface area contributed by atoms with Gasteiger partial charge in [-0.25, -0.2) is 4.79 Å². The minimum Gasteiger partial charge on any atom is -0.493 e. The number of rotatable bonds is 10. The lowest BCUT2D eigenvalue weighted by atomic mass is 9.98. The normalized spacial score (nSPS) is 10.4. The molecule has 5 aromatic rings. The largest absolute Gasteiger partial charge is 0.493 e. The van der Waals surface area contributed by atoms with E-state index in [-0.39, 0.29) is 40.0 Å².